The summed E-state index contributed by atoms with van der Waals surface area (Å²) in [5.74, 6) is 0.218. The number of hydrogen-bond acceptors (Lipinski definition) is 4. The van der Waals surface area contributed by atoms with Crippen LogP contribution < -0.4 is 5.32 Å². The number of carbonyl (C=O) groups is 1. The fourth-order valence-corrected chi connectivity index (χ4v) is 2.54. The Morgan fingerprint density at radius 1 is 1.08 bits per heavy atom. The van der Waals surface area contributed by atoms with Crippen LogP contribution in [0.15, 0.2) is 60.8 Å². The quantitative estimate of drug-likeness (QED) is 0.543. The molecule has 1 amide bonds. The Balaban J connectivity index is 1.71. The van der Waals surface area contributed by atoms with Crippen LogP contribution in [0.5, 0.6) is 0 Å². The van der Waals surface area contributed by atoms with Crippen molar-refractivity contribution in [2.45, 2.75) is 19.9 Å². The van der Waals surface area contributed by atoms with E-state index in [4.69, 9.17) is 0 Å². The molecule has 0 aliphatic heterocycles. The molecule has 1 heterocycles. The van der Waals surface area contributed by atoms with Crippen molar-refractivity contribution in [3.05, 3.63) is 87.6 Å². The van der Waals surface area contributed by atoms with E-state index in [-0.39, 0.29) is 11.6 Å². The number of aryl methyl sites for hydroxylation is 1. The fourth-order valence-electron chi connectivity index (χ4n) is 2.54. The monoisotopic (exact) mass is 350 g/mol. The number of nitro groups is 1. The molecule has 26 heavy (non-hydrogen) atoms. The lowest BCUT2D eigenvalue weighted by Crippen LogP contribution is -2.16. The number of aromatic nitrogens is 2. The van der Waals surface area contributed by atoms with Gasteiger partial charge < -0.3 is 5.32 Å². The maximum atomic E-state index is 12.4. The first kappa shape index (κ1) is 17.3. The molecule has 0 aliphatic carbocycles. The van der Waals surface area contributed by atoms with E-state index < -0.39 is 4.92 Å². The minimum atomic E-state index is -0.499. The smallest absolute Gasteiger partial charge is 0.269 e. The minimum Gasteiger partial charge on any atom is -0.307 e. The van der Waals surface area contributed by atoms with E-state index in [9.17, 15) is 14.9 Å². The van der Waals surface area contributed by atoms with Crippen LogP contribution in [0, 0.1) is 10.1 Å². The average molecular weight is 350 g/mol. The van der Waals surface area contributed by atoms with Gasteiger partial charge in [-0.1, -0.05) is 31.2 Å². The molecule has 0 bridgehead atoms. The molecule has 0 atom stereocenters. The standard InChI is InChI=1S/C19H18N4O3/c1-2-14-3-5-15(6-4-14)13-22-18(11-12-20-22)21-19(24)16-7-9-17(10-8-16)23(25)26/h3-12H,2,13H2,1H3,(H,21,24). The number of rotatable bonds is 6. The van der Waals surface area contributed by atoms with Gasteiger partial charge in [-0.2, -0.15) is 5.10 Å². The molecule has 2 aromatic carbocycles. The molecule has 1 N–H and O–H groups in total. The number of nitrogens with zero attached hydrogens (tertiary/aromatic N) is 3. The Labute approximate surface area is 150 Å². The van der Waals surface area contributed by atoms with Crippen molar-refractivity contribution in [1.82, 2.24) is 9.78 Å². The van der Waals surface area contributed by atoms with Crippen LogP contribution in [0.3, 0.4) is 0 Å². The zero-order valence-corrected chi connectivity index (χ0v) is 14.3. The summed E-state index contributed by atoms with van der Waals surface area (Å²) in [5.41, 5.74) is 2.63. The third-order valence-corrected chi connectivity index (χ3v) is 4.06. The van der Waals surface area contributed by atoms with Crippen LogP contribution in [0.1, 0.15) is 28.4 Å². The molecule has 0 unspecified atom stereocenters. The number of hydrogen-bond donors (Lipinski definition) is 1. The van der Waals surface area contributed by atoms with Crippen LogP contribution in [0.2, 0.25) is 0 Å². The van der Waals surface area contributed by atoms with Crippen molar-refractivity contribution in [2.24, 2.45) is 0 Å². The largest absolute Gasteiger partial charge is 0.307 e. The van der Waals surface area contributed by atoms with Crippen molar-refractivity contribution < 1.29 is 9.72 Å². The van der Waals surface area contributed by atoms with E-state index >= 15 is 0 Å². The lowest BCUT2D eigenvalue weighted by Gasteiger charge is -2.09. The first-order valence-electron chi connectivity index (χ1n) is 8.22. The summed E-state index contributed by atoms with van der Waals surface area (Å²) in [6.07, 6.45) is 2.60. The molecular weight excluding hydrogens is 332 g/mol. The highest BCUT2D eigenvalue weighted by molar-refractivity contribution is 6.03. The number of nitrogens with one attached hydrogen (secondary N) is 1. The Bertz CT molecular complexity index is 915. The second-order valence-electron chi connectivity index (χ2n) is 5.80. The van der Waals surface area contributed by atoms with Crippen molar-refractivity contribution in [3.63, 3.8) is 0 Å². The summed E-state index contributed by atoms with van der Waals surface area (Å²) in [6, 6.07) is 15.4. The van der Waals surface area contributed by atoms with E-state index in [0.29, 0.717) is 17.9 Å². The molecule has 1 aromatic heterocycles. The number of amides is 1. The molecule has 0 saturated heterocycles. The summed E-state index contributed by atoms with van der Waals surface area (Å²) in [6.45, 7) is 2.64. The normalized spacial score (nSPS) is 10.5. The summed E-state index contributed by atoms with van der Waals surface area (Å²) >= 11 is 0. The van der Waals surface area contributed by atoms with Gasteiger partial charge in [0.05, 0.1) is 17.7 Å². The van der Waals surface area contributed by atoms with Crippen LogP contribution in [-0.4, -0.2) is 20.6 Å². The number of nitro benzene ring substituents is 1. The molecule has 0 fully saturated rings. The fraction of sp³-hybridized carbons (Fsp3) is 0.158. The van der Waals surface area contributed by atoms with Gasteiger partial charge in [0.2, 0.25) is 0 Å². The van der Waals surface area contributed by atoms with Gasteiger partial charge in [-0.05, 0) is 29.7 Å². The van der Waals surface area contributed by atoms with Gasteiger partial charge in [0, 0.05) is 23.8 Å². The lowest BCUT2D eigenvalue weighted by molar-refractivity contribution is -0.384. The Kier molecular flexibility index (Phi) is 5.07. The first-order valence-corrected chi connectivity index (χ1v) is 8.22. The van der Waals surface area contributed by atoms with E-state index in [1.54, 1.807) is 16.9 Å². The topological polar surface area (TPSA) is 90.1 Å². The summed E-state index contributed by atoms with van der Waals surface area (Å²) in [4.78, 5) is 22.6. The molecule has 0 spiro atoms. The number of benzene rings is 2. The van der Waals surface area contributed by atoms with Gasteiger partial charge in [0.15, 0.2) is 0 Å². The molecule has 132 valence electrons. The molecular formula is C19H18N4O3. The summed E-state index contributed by atoms with van der Waals surface area (Å²) in [7, 11) is 0. The lowest BCUT2D eigenvalue weighted by atomic mass is 10.1. The molecule has 3 rings (SSSR count). The van der Waals surface area contributed by atoms with Gasteiger partial charge in [0.1, 0.15) is 5.82 Å². The van der Waals surface area contributed by atoms with Gasteiger partial charge in [-0.15, -0.1) is 0 Å². The predicted octanol–water partition coefficient (Wildman–Crippen LogP) is 3.65. The van der Waals surface area contributed by atoms with Gasteiger partial charge >= 0.3 is 0 Å². The molecule has 3 aromatic rings. The zero-order valence-electron chi connectivity index (χ0n) is 14.3. The van der Waals surface area contributed by atoms with Crippen LogP contribution in [0.4, 0.5) is 11.5 Å². The van der Waals surface area contributed by atoms with Crippen LogP contribution >= 0.6 is 0 Å². The maximum Gasteiger partial charge on any atom is 0.269 e. The SMILES string of the molecule is CCc1ccc(Cn2nccc2NC(=O)c2ccc([N+](=O)[O-])cc2)cc1. The van der Waals surface area contributed by atoms with Crippen LogP contribution in [-0.2, 0) is 13.0 Å². The molecule has 7 nitrogen and oxygen atoms in total. The highest BCUT2D eigenvalue weighted by Gasteiger charge is 2.12. The van der Waals surface area contributed by atoms with E-state index in [0.717, 1.165) is 12.0 Å². The Morgan fingerprint density at radius 2 is 1.73 bits per heavy atom. The number of anilines is 1. The van der Waals surface area contributed by atoms with Crippen molar-refractivity contribution in [1.29, 1.82) is 0 Å². The molecule has 0 radical (unpaired) electrons. The van der Waals surface area contributed by atoms with E-state index in [1.807, 2.05) is 12.1 Å². The highest BCUT2D eigenvalue weighted by atomic mass is 16.6. The van der Waals surface area contributed by atoms with Gasteiger partial charge in [-0.3, -0.25) is 14.9 Å². The third-order valence-electron chi connectivity index (χ3n) is 4.06. The Hall–Kier alpha value is -3.48. The van der Waals surface area contributed by atoms with Crippen molar-refractivity contribution >= 4 is 17.4 Å². The second kappa shape index (κ2) is 7.60. The minimum absolute atomic E-state index is 0.0536. The van der Waals surface area contributed by atoms with E-state index in [1.165, 1.54) is 29.8 Å². The number of carbonyl (C=O) groups excluding carboxylic acids is 1. The summed E-state index contributed by atoms with van der Waals surface area (Å²) in [5, 5.41) is 17.7. The first-order chi connectivity index (χ1) is 12.6. The maximum absolute atomic E-state index is 12.4. The molecule has 7 heteroatoms. The predicted molar refractivity (Wildman–Crippen MR) is 98.2 cm³/mol. The van der Waals surface area contributed by atoms with Crippen molar-refractivity contribution in [2.75, 3.05) is 5.32 Å². The average Bonchev–Trinajstić information content (AvgIpc) is 3.09. The summed E-state index contributed by atoms with van der Waals surface area (Å²) < 4.78 is 1.70. The van der Waals surface area contributed by atoms with Gasteiger partial charge in [0.25, 0.3) is 11.6 Å². The third kappa shape index (κ3) is 3.94. The number of non-ortho nitro benzene ring substituents is 1. The zero-order chi connectivity index (χ0) is 18.5. The molecule has 0 saturated carbocycles. The van der Waals surface area contributed by atoms with Gasteiger partial charge in [-0.25, -0.2) is 4.68 Å². The Morgan fingerprint density at radius 3 is 2.35 bits per heavy atom. The molecule has 0 aliphatic rings. The highest BCUT2D eigenvalue weighted by Crippen LogP contribution is 2.15. The van der Waals surface area contributed by atoms with E-state index in [2.05, 4.69) is 29.5 Å². The van der Waals surface area contributed by atoms with Crippen molar-refractivity contribution in [3.8, 4) is 0 Å². The second-order valence-corrected chi connectivity index (χ2v) is 5.80. The van der Waals surface area contributed by atoms with Crippen LogP contribution in [0.25, 0.3) is 0 Å².